The lowest BCUT2D eigenvalue weighted by Crippen LogP contribution is -2.44. The standard InChI is InChI=1S/C15H28O/c1-12-7-6-10-14(11-12)15(2,16)13-8-4-3-5-9-13/h12-14,16H,3-11H2,1-2H3. The van der Waals surface area contributed by atoms with Crippen LogP contribution in [0.2, 0.25) is 0 Å². The largest absolute Gasteiger partial charge is 0.390 e. The van der Waals surface area contributed by atoms with Gasteiger partial charge in [-0.2, -0.15) is 0 Å². The summed E-state index contributed by atoms with van der Waals surface area (Å²) in [5.74, 6) is 1.98. The second kappa shape index (κ2) is 5.08. The van der Waals surface area contributed by atoms with Crippen molar-refractivity contribution in [3.63, 3.8) is 0 Å². The molecule has 0 aromatic heterocycles. The molecule has 1 heteroatoms. The Hall–Kier alpha value is -0.0400. The predicted molar refractivity (Wildman–Crippen MR) is 68.3 cm³/mol. The highest BCUT2D eigenvalue weighted by Crippen LogP contribution is 2.43. The van der Waals surface area contributed by atoms with Gasteiger partial charge in [-0.15, -0.1) is 0 Å². The summed E-state index contributed by atoms with van der Waals surface area (Å²) < 4.78 is 0. The molecule has 0 amide bonds. The Morgan fingerprint density at radius 3 is 2.12 bits per heavy atom. The smallest absolute Gasteiger partial charge is 0.0675 e. The van der Waals surface area contributed by atoms with Gasteiger partial charge in [0.05, 0.1) is 5.60 Å². The SMILES string of the molecule is CC1CCCC(C(C)(O)C2CCCCC2)C1. The summed E-state index contributed by atoms with van der Waals surface area (Å²) in [5, 5.41) is 10.9. The fraction of sp³-hybridized carbons (Fsp3) is 1.00. The Kier molecular flexibility index (Phi) is 3.94. The maximum Gasteiger partial charge on any atom is 0.0675 e. The molecule has 1 N–H and O–H groups in total. The first-order valence-corrected chi connectivity index (χ1v) is 7.33. The van der Waals surface area contributed by atoms with Crippen LogP contribution >= 0.6 is 0 Å². The highest BCUT2D eigenvalue weighted by Gasteiger charge is 2.41. The van der Waals surface area contributed by atoms with Gasteiger partial charge in [-0.3, -0.25) is 0 Å². The molecular formula is C15H28O. The summed E-state index contributed by atoms with van der Waals surface area (Å²) in [5.41, 5.74) is -0.380. The third-order valence-electron chi connectivity index (χ3n) is 5.19. The van der Waals surface area contributed by atoms with E-state index in [4.69, 9.17) is 0 Å². The molecule has 2 fully saturated rings. The highest BCUT2D eigenvalue weighted by atomic mass is 16.3. The monoisotopic (exact) mass is 224 g/mol. The zero-order valence-corrected chi connectivity index (χ0v) is 11.0. The van der Waals surface area contributed by atoms with Crippen LogP contribution in [-0.4, -0.2) is 10.7 Å². The highest BCUT2D eigenvalue weighted by molar-refractivity contribution is 4.92. The van der Waals surface area contributed by atoms with Crippen LogP contribution in [0.5, 0.6) is 0 Å². The van der Waals surface area contributed by atoms with Crippen molar-refractivity contribution in [1.29, 1.82) is 0 Å². The molecule has 3 atom stereocenters. The minimum Gasteiger partial charge on any atom is -0.390 e. The van der Waals surface area contributed by atoms with E-state index in [0.29, 0.717) is 11.8 Å². The zero-order valence-electron chi connectivity index (χ0n) is 11.0. The van der Waals surface area contributed by atoms with Gasteiger partial charge in [0, 0.05) is 0 Å². The fourth-order valence-electron chi connectivity index (χ4n) is 3.99. The van der Waals surface area contributed by atoms with E-state index in [2.05, 4.69) is 13.8 Å². The number of hydrogen-bond acceptors (Lipinski definition) is 1. The van der Waals surface area contributed by atoms with E-state index in [1.165, 1.54) is 57.8 Å². The van der Waals surface area contributed by atoms with Crippen LogP contribution in [0, 0.1) is 17.8 Å². The third-order valence-corrected chi connectivity index (χ3v) is 5.19. The number of hydrogen-bond donors (Lipinski definition) is 1. The van der Waals surface area contributed by atoms with Crippen LogP contribution in [0.3, 0.4) is 0 Å². The van der Waals surface area contributed by atoms with E-state index < -0.39 is 0 Å². The molecule has 1 nitrogen and oxygen atoms in total. The predicted octanol–water partition coefficient (Wildman–Crippen LogP) is 4.14. The van der Waals surface area contributed by atoms with E-state index in [0.717, 1.165) is 5.92 Å². The lowest BCUT2D eigenvalue weighted by atomic mass is 9.66. The molecule has 0 aromatic rings. The Morgan fingerprint density at radius 1 is 0.875 bits per heavy atom. The normalized spacial score (nSPS) is 36.9. The number of aliphatic hydroxyl groups is 1. The molecule has 0 saturated heterocycles. The molecule has 0 aromatic carbocycles. The minimum atomic E-state index is -0.380. The van der Waals surface area contributed by atoms with Crippen molar-refractivity contribution in [1.82, 2.24) is 0 Å². The second-order valence-electron chi connectivity index (χ2n) is 6.53. The molecule has 0 radical (unpaired) electrons. The van der Waals surface area contributed by atoms with E-state index in [1.54, 1.807) is 0 Å². The van der Waals surface area contributed by atoms with Gasteiger partial charge in [-0.25, -0.2) is 0 Å². The Morgan fingerprint density at radius 2 is 1.50 bits per heavy atom. The van der Waals surface area contributed by atoms with Gasteiger partial charge in [0.2, 0.25) is 0 Å². The van der Waals surface area contributed by atoms with Crippen LogP contribution in [0.25, 0.3) is 0 Å². The van der Waals surface area contributed by atoms with Crippen molar-refractivity contribution < 1.29 is 5.11 Å². The molecular weight excluding hydrogens is 196 g/mol. The summed E-state index contributed by atoms with van der Waals surface area (Å²) >= 11 is 0. The molecule has 0 bridgehead atoms. The van der Waals surface area contributed by atoms with Crippen molar-refractivity contribution in [2.75, 3.05) is 0 Å². The molecule has 0 heterocycles. The maximum absolute atomic E-state index is 10.9. The first kappa shape index (κ1) is 12.4. The third kappa shape index (κ3) is 2.61. The van der Waals surface area contributed by atoms with Crippen molar-refractivity contribution in [2.24, 2.45) is 17.8 Å². The van der Waals surface area contributed by atoms with E-state index in [9.17, 15) is 5.11 Å². The van der Waals surface area contributed by atoms with Gasteiger partial charge in [0.25, 0.3) is 0 Å². The van der Waals surface area contributed by atoms with E-state index in [1.807, 2.05) is 0 Å². The van der Waals surface area contributed by atoms with Crippen molar-refractivity contribution in [3.8, 4) is 0 Å². The molecule has 2 aliphatic carbocycles. The quantitative estimate of drug-likeness (QED) is 0.747. The molecule has 0 spiro atoms. The molecule has 2 aliphatic rings. The molecule has 3 unspecified atom stereocenters. The summed E-state index contributed by atoms with van der Waals surface area (Å²) in [6.07, 6.45) is 11.8. The van der Waals surface area contributed by atoms with Crippen molar-refractivity contribution >= 4 is 0 Å². The minimum absolute atomic E-state index is 0.380. The van der Waals surface area contributed by atoms with Gasteiger partial charge in [0.15, 0.2) is 0 Å². The lowest BCUT2D eigenvalue weighted by molar-refractivity contribution is -0.0818. The van der Waals surface area contributed by atoms with E-state index >= 15 is 0 Å². The van der Waals surface area contributed by atoms with Gasteiger partial charge < -0.3 is 5.11 Å². The fourth-order valence-corrected chi connectivity index (χ4v) is 3.99. The second-order valence-corrected chi connectivity index (χ2v) is 6.53. The summed E-state index contributed by atoms with van der Waals surface area (Å²) in [4.78, 5) is 0. The van der Waals surface area contributed by atoms with Crippen LogP contribution in [-0.2, 0) is 0 Å². The zero-order chi connectivity index (χ0) is 11.6. The molecule has 2 rings (SSSR count). The number of rotatable bonds is 2. The van der Waals surface area contributed by atoms with Crippen LogP contribution in [0.4, 0.5) is 0 Å². The van der Waals surface area contributed by atoms with Crippen LogP contribution in [0.15, 0.2) is 0 Å². The van der Waals surface area contributed by atoms with Crippen LogP contribution < -0.4 is 0 Å². The summed E-state index contributed by atoms with van der Waals surface area (Å²) in [6, 6.07) is 0. The molecule has 94 valence electrons. The first-order valence-electron chi connectivity index (χ1n) is 7.33. The van der Waals surface area contributed by atoms with Gasteiger partial charge in [-0.1, -0.05) is 39.0 Å². The summed E-state index contributed by atoms with van der Waals surface area (Å²) in [6.45, 7) is 4.48. The average Bonchev–Trinajstić information content (AvgIpc) is 2.30. The lowest BCUT2D eigenvalue weighted by Gasteiger charge is -2.44. The van der Waals surface area contributed by atoms with Gasteiger partial charge in [0.1, 0.15) is 0 Å². The van der Waals surface area contributed by atoms with Crippen molar-refractivity contribution in [3.05, 3.63) is 0 Å². The van der Waals surface area contributed by atoms with Crippen molar-refractivity contribution in [2.45, 2.75) is 77.2 Å². The Balaban J connectivity index is 1.98. The molecule has 16 heavy (non-hydrogen) atoms. The maximum atomic E-state index is 10.9. The Labute approximate surface area is 101 Å². The topological polar surface area (TPSA) is 20.2 Å². The first-order chi connectivity index (χ1) is 7.60. The summed E-state index contributed by atoms with van der Waals surface area (Å²) in [7, 11) is 0. The Bertz CT molecular complexity index is 215. The van der Waals surface area contributed by atoms with Crippen LogP contribution in [0.1, 0.15) is 71.6 Å². The van der Waals surface area contributed by atoms with Gasteiger partial charge >= 0.3 is 0 Å². The molecule has 0 aliphatic heterocycles. The van der Waals surface area contributed by atoms with E-state index in [-0.39, 0.29) is 5.60 Å². The average molecular weight is 224 g/mol. The van der Waals surface area contributed by atoms with Gasteiger partial charge in [-0.05, 0) is 50.4 Å². The molecule has 2 saturated carbocycles.